The van der Waals surface area contributed by atoms with Gasteiger partial charge in [0.05, 0.1) is 6.42 Å². The minimum Gasteiger partial charge on any atom is -0.481 e. The van der Waals surface area contributed by atoms with E-state index in [1.54, 1.807) is 0 Å². The Hall–Kier alpha value is -1.61. The first-order valence-electron chi connectivity index (χ1n) is 5.84. The Morgan fingerprint density at radius 2 is 2.06 bits per heavy atom. The molecule has 0 bridgehead atoms. The standard InChI is InChI=1S/C14H19NO2/c1-2-3-6-9-15-11-13-8-5-4-7-12(13)10-14(16)17/h2-5,7-8,15H,6,9-11H2,1H3,(H,16,17)/b3-2+. The number of hydrogen-bond acceptors (Lipinski definition) is 2. The molecule has 3 heteroatoms. The molecule has 17 heavy (non-hydrogen) atoms. The molecular weight excluding hydrogens is 214 g/mol. The normalized spacial score (nSPS) is 10.9. The van der Waals surface area contributed by atoms with Gasteiger partial charge in [0.15, 0.2) is 0 Å². The van der Waals surface area contributed by atoms with Crippen LogP contribution in [0.2, 0.25) is 0 Å². The predicted molar refractivity (Wildman–Crippen MR) is 68.9 cm³/mol. The maximum absolute atomic E-state index is 10.7. The number of carboxylic acid groups (broad SMARTS) is 1. The number of allylic oxidation sites excluding steroid dienone is 1. The molecule has 2 N–H and O–H groups in total. The van der Waals surface area contributed by atoms with Gasteiger partial charge in [-0.2, -0.15) is 0 Å². The molecule has 0 aliphatic heterocycles. The zero-order valence-electron chi connectivity index (χ0n) is 10.1. The van der Waals surface area contributed by atoms with Gasteiger partial charge in [0.1, 0.15) is 0 Å². The monoisotopic (exact) mass is 233 g/mol. The molecule has 0 spiro atoms. The van der Waals surface area contributed by atoms with Crippen LogP contribution in [0.15, 0.2) is 36.4 Å². The fourth-order valence-corrected chi connectivity index (χ4v) is 1.64. The van der Waals surface area contributed by atoms with E-state index in [4.69, 9.17) is 5.11 Å². The van der Waals surface area contributed by atoms with E-state index in [1.165, 1.54) is 0 Å². The highest BCUT2D eigenvalue weighted by atomic mass is 16.4. The maximum atomic E-state index is 10.7. The van der Waals surface area contributed by atoms with Crippen LogP contribution >= 0.6 is 0 Å². The Bertz CT molecular complexity index is 386. The summed E-state index contributed by atoms with van der Waals surface area (Å²) >= 11 is 0. The molecule has 0 unspecified atom stereocenters. The third-order valence-electron chi connectivity index (χ3n) is 2.50. The van der Waals surface area contributed by atoms with Crippen LogP contribution in [0, 0.1) is 0 Å². The van der Waals surface area contributed by atoms with Gasteiger partial charge in [-0.25, -0.2) is 0 Å². The number of benzene rings is 1. The summed E-state index contributed by atoms with van der Waals surface area (Å²) in [6, 6.07) is 7.66. The summed E-state index contributed by atoms with van der Waals surface area (Å²) in [5.74, 6) is -0.786. The Morgan fingerprint density at radius 3 is 2.71 bits per heavy atom. The Morgan fingerprint density at radius 1 is 1.35 bits per heavy atom. The van der Waals surface area contributed by atoms with Crippen LogP contribution < -0.4 is 5.32 Å². The van der Waals surface area contributed by atoms with Crippen LogP contribution in [0.1, 0.15) is 24.5 Å². The van der Waals surface area contributed by atoms with E-state index < -0.39 is 5.97 Å². The molecule has 0 amide bonds. The van der Waals surface area contributed by atoms with Gasteiger partial charge < -0.3 is 10.4 Å². The van der Waals surface area contributed by atoms with Crippen molar-refractivity contribution in [1.82, 2.24) is 5.32 Å². The minimum atomic E-state index is -0.786. The molecule has 0 radical (unpaired) electrons. The lowest BCUT2D eigenvalue weighted by molar-refractivity contribution is -0.136. The molecule has 1 aromatic rings. The first-order chi connectivity index (χ1) is 8.24. The SMILES string of the molecule is C/C=C/CCNCc1ccccc1CC(=O)O. The van der Waals surface area contributed by atoms with Crippen LogP contribution in [0.4, 0.5) is 0 Å². The molecular formula is C14H19NO2. The summed E-state index contributed by atoms with van der Waals surface area (Å²) in [7, 11) is 0. The first-order valence-corrected chi connectivity index (χ1v) is 5.84. The molecule has 0 aromatic heterocycles. The zero-order valence-corrected chi connectivity index (χ0v) is 10.1. The largest absolute Gasteiger partial charge is 0.481 e. The molecule has 0 aliphatic rings. The van der Waals surface area contributed by atoms with Crippen molar-refractivity contribution in [2.75, 3.05) is 6.54 Å². The summed E-state index contributed by atoms with van der Waals surface area (Å²) < 4.78 is 0. The number of hydrogen-bond donors (Lipinski definition) is 2. The first kappa shape index (κ1) is 13.5. The second-order valence-corrected chi connectivity index (χ2v) is 3.87. The predicted octanol–water partition coefficient (Wildman–Crippen LogP) is 2.37. The van der Waals surface area contributed by atoms with Gasteiger partial charge in [-0.05, 0) is 31.0 Å². The van der Waals surface area contributed by atoms with Gasteiger partial charge in [-0.3, -0.25) is 4.79 Å². The van der Waals surface area contributed by atoms with Crippen molar-refractivity contribution >= 4 is 5.97 Å². The number of aliphatic carboxylic acids is 1. The highest BCUT2D eigenvalue weighted by Crippen LogP contribution is 2.09. The molecule has 92 valence electrons. The molecule has 0 aliphatic carbocycles. The van der Waals surface area contributed by atoms with Crippen LogP contribution in [0.3, 0.4) is 0 Å². The van der Waals surface area contributed by atoms with Gasteiger partial charge in [0.2, 0.25) is 0 Å². The van der Waals surface area contributed by atoms with E-state index >= 15 is 0 Å². The van der Waals surface area contributed by atoms with Gasteiger partial charge in [-0.15, -0.1) is 0 Å². The lowest BCUT2D eigenvalue weighted by atomic mass is 10.0. The van der Waals surface area contributed by atoms with E-state index in [9.17, 15) is 4.79 Å². The third kappa shape index (κ3) is 5.31. The molecule has 1 rings (SSSR count). The summed E-state index contributed by atoms with van der Waals surface area (Å²) in [6.07, 6.45) is 5.22. The van der Waals surface area contributed by atoms with E-state index in [0.29, 0.717) is 0 Å². The summed E-state index contributed by atoms with van der Waals surface area (Å²) in [5.41, 5.74) is 1.95. The van der Waals surface area contributed by atoms with Gasteiger partial charge in [0.25, 0.3) is 0 Å². The molecule has 0 saturated carbocycles. The third-order valence-corrected chi connectivity index (χ3v) is 2.50. The molecule has 1 aromatic carbocycles. The number of nitrogens with one attached hydrogen (secondary N) is 1. The molecule has 0 saturated heterocycles. The number of carboxylic acids is 1. The summed E-state index contributed by atoms with van der Waals surface area (Å²) in [4.78, 5) is 10.7. The highest BCUT2D eigenvalue weighted by Gasteiger charge is 2.05. The second-order valence-electron chi connectivity index (χ2n) is 3.87. The van der Waals surface area contributed by atoms with Crippen molar-refractivity contribution in [3.05, 3.63) is 47.5 Å². The molecule has 0 atom stereocenters. The van der Waals surface area contributed by atoms with Crippen molar-refractivity contribution in [2.45, 2.75) is 26.3 Å². The Kier molecular flexibility index (Phi) is 6.04. The Labute approximate surface area is 102 Å². The maximum Gasteiger partial charge on any atom is 0.307 e. The lowest BCUT2D eigenvalue weighted by Gasteiger charge is -2.08. The van der Waals surface area contributed by atoms with Crippen LogP contribution in [-0.2, 0) is 17.8 Å². The molecule has 3 nitrogen and oxygen atoms in total. The fraction of sp³-hybridized carbons (Fsp3) is 0.357. The van der Waals surface area contributed by atoms with Gasteiger partial charge in [0, 0.05) is 6.54 Å². The van der Waals surface area contributed by atoms with Crippen molar-refractivity contribution in [2.24, 2.45) is 0 Å². The van der Waals surface area contributed by atoms with E-state index in [-0.39, 0.29) is 6.42 Å². The van der Waals surface area contributed by atoms with Gasteiger partial charge in [-0.1, -0.05) is 36.4 Å². The minimum absolute atomic E-state index is 0.0900. The van der Waals surface area contributed by atoms with Crippen LogP contribution in [0.5, 0.6) is 0 Å². The van der Waals surface area contributed by atoms with Crippen molar-refractivity contribution in [1.29, 1.82) is 0 Å². The van der Waals surface area contributed by atoms with E-state index in [2.05, 4.69) is 11.4 Å². The van der Waals surface area contributed by atoms with E-state index in [1.807, 2.05) is 37.3 Å². The molecule has 0 fully saturated rings. The second kappa shape index (κ2) is 7.63. The highest BCUT2D eigenvalue weighted by molar-refractivity contribution is 5.70. The van der Waals surface area contributed by atoms with Crippen molar-refractivity contribution in [3.8, 4) is 0 Å². The van der Waals surface area contributed by atoms with Gasteiger partial charge >= 0.3 is 5.97 Å². The smallest absolute Gasteiger partial charge is 0.307 e. The number of rotatable bonds is 7. The average molecular weight is 233 g/mol. The Balaban J connectivity index is 2.48. The summed E-state index contributed by atoms with van der Waals surface area (Å²) in [5, 5.41) is 12.1. The average Bonchev–Trinajstić information content (AvgIpc) is 2.30. The quantitative estimate of drug-likeness (QED) is 0.561. The van der Waals surface area contributed by atoms with Crippen LogP contribution in [-0.4, -0.2) is 17.6 Å². The zero-order chi connectivity index (χ0) is 12.5. The lowest BCUT2D eigenvalue weighted by Crippen LogP contribution is -2.16. The fourth-order valence-electron chi connectivity index (χ4n) is 1.64. The molecule has 0 heterocycles. The topological polar surface area (TPSA) is 49.3 Å². The number of carbonyl (C=O) groups is 1. The summed E-state index contributed by atoms with van der Waals surface area (Å²) in [6.45, 7) is 3.63. The van der Waals surface area contributed by atoms with Crippen molar-refractivity contribution in [3.63, 3.8) is 0 Å². The van der Waals surface area contributed by atoms with Crippen molar-refractivity contribution < 1.29 is 9.90 Å². The van der Waals surface area contributed by atoms with Crippen LogP contribution in [0.25, 0.3) is 0 Å². The van der Waals surface area contributed by atoms with E-state index in [0.717, 1.165) is 30.6 Å².